The third-order valence-corrected chi connectivity index (χ3v) is 6.15. The van der Waals surface area contributed by atoms with E-state index in [1.54, 1.807) is 7.11 Å². The molecule has 1 atom stereocenters. The number of H-pyrrole nitrogens is 1. The Bertz CT molecular complexity index is 1250. The topological polar surface area (TPSA) is 83.1 Å². The highest BCUT2D eigenvalue weighted by molar-refractivity contribution is 5.87. The minimum absolute atomic E-state index is 0.0171. The van der Waals surface area contributed by atoms with Crippen LogP contribution in [0.3, 0.4) is 0 Å². The van der Waals surface area contributed by atoms with Crippen molar-refractivity contribution in [2.75, 3.05) is 19.0 Å². The molecule has 3 heterocycles. The summed E-state index contributed by atoms with van der Waals surface area (Å²) in [5.41, 5.74) is 3.78. The number of aromatic nitrogens is 3. The molecule has 0 radical (unpaired) electrons. The summed E-state index contributed by atoms with van der Waals surface area (Å²) in [6.07, 6.45) is 2.24. The maximum absolute atomic E-state index is 13.1. The number of likely N-dealkylation sites (tertiary alicyclic amines) is 1. The summed E-state index contributed by atoms with van der Waals surface area (Å²) in [7, 11) is 1.64. The predicted molar refractivity (Wildman–Crippen MR) is 128 cm³/mol. The van der Waals surface area contributed by atoms with Crippen molar-refractivity contribution >= 4 is 22.8 Å². The molecule has 4 aromatic rings. The molecule has 7 heteroatoms. The second-order valence-electron chi connectivity index (χ2n) is 8.32. The third kappa shape index (κ3) is 4.53. The fourth-order valence-electron chi connectivity index (χ4n) is 4.45. The summed E-state index contributed by atoms with van der Waals surface area (Å²) in [5, 5.41) is 11.8. The molecule has 2 aromatic heterocycles. The molecule has 0 saturated carbocycles. The van der Waals surface area contributed by atoms with Crippen LogP contribution in [-0.2, 0) is 17.8 Å². The highest BCUT2D eigenvalue weighted by Crippen LogP contribution is 2.33. The van der Waals surface area contributed by atoms with E-state index in [9.17, 15) is 4.79 Å². The van der Waals surface area contributed by atoms with Crippen molar-refractivity contribution in [2.24, 2.45) is 0 Å². The molecular weight excluding hydrogens is 414 g/mol. The third-order valence-electron chi connectivity index (χ3n) is 6.15. The number of aromatic amines is 1. The number of nitrogens with zero attached hydrogens (tertiary/aromatic N) is 3. The molecule has 1 amide bonds. The zero-order chi connectivity index (χ0) is 22.6. The van der Waals surface area contributed by atoms with Crippen LogP contribution >= 0.6 is 0 Å². The summed E-state index contributed by atoms with van der Waals surface area (Å²) in [6, 6.07) is 21.9. The molecule has 2 aromatic carbocycles. The van der Waals surface area contributed by atoms with E-state index in [0.29, 0.717) is 13.0 Å². The van der Waals surface area contributed by atoms with Gasteiger partial charge in [0, 0.05) is 13.1 Å². The van der Waals surface area contributed by atoms with Crippen LogP contribution in [0.1, 0.15) is 35.7 Å². The van der Waals surface area contributed by atoms with Crippen molar-refractivity contribution in [3.05, 3.63) is 83.6 Å². The Hall–Kier alpha value is -3.87. The van der Waals surface area contributed by atoms with Crippen LogP contribution < -0.4 is 10.1 Å². The zero-order valence-corrected chi connectivity index (χ0v) is 18.6. The van der Waals surface area contributed by atoms with Gasteiger partial charge in [-0.05, 0) is 48.2 Å². The van der Waals surface area contributed by atoms with Gasteiger partial charge in [0.05, 0.1) is 30.7 Å². The van der Waals surface area contributed by atoms with E-state index >= 15 is 0 Å². The largest absolute Gasteiger partial charge is 0.497 e. The minimum Gasteiger partial charge on any atom is -0.497 e. The van der Waals surface area contributed by atoms with Crippen molar-refractivity contribution in [2.45, 2.75) is 31.8 Å². The van der Waals surface area contributed by atoms with Gasteiger partial charge in [-0.25, -0.2) is 4.98 Å². The highest BCUT2D eigenvalue weighted by Gasteiger charge is 2.31. The molecule has 33 heavy (non-hydrogen) atoms. The van der Waals surface area contributed by atoms with Gasteiger partial charge in [-0.2, -0.15) is 5.10 Å². The molecular formula is C26H27N5O2. The summed E-state index contributed by atoms with van der Waals surface area (Å²) < 4.78 is 5.29. The number of methoxy groups -OCH3 is 1. The van der Waals surface area contributed by atoms with Crippen LogP contribution in [-0.4, -0.2) is 39.6 Å². The first-order valence-electron chi connectivity index (χ1n) is 11.3. The quantitative estimate of drug-likeness (QED) is 0.442. The number of nitrogens with one attached hydrogen (secondary N) is 2. The second-order valence-corrected chi connectivity index (χ2v) is 8.32. The van der Waals surface area contributed by atoms with E-state index in [1.165, 1.54) is 5.56 Å². The maximum Gasteiger partial charge on any atom is 0.227 e. The molecule has 0 spiro atoms. The van der Waals surface area contributed by atoms with Gasteiger partial charge < -0.3 is 15.0 Å². The molecule has 5 rings (SSSR count). The average molecular weight is 442 g/mol. The Balaban J connectivity index is 1.31. The van der Waals surface area contributed by atoms with Crippen LogP contribution in [0.2, 0.25) is 0 Å². The number of ether oxygens (including phenoxy) is 1. The van der Waals surface area contributed by atoms with Crippen LogP contribution in [0.15, 0.2) is 66.7 Å². The lowest BCUT2D eigenvalue weighted by molar-refractivity contribution is -0.131. The van der Waals surface area contributed by atoms with Crippen molar-refractivity contribution < 1.29 is 9.53 Å². The number of benzene rings is 2. The van der Waals surface area contributed by atoms with E-state index in [2.05, 4.69) is 27.6 Å². The number of amides is 1. The van der Waals surface area contributed by atoms with Gasteiger partial charge in [0.1, 0.15) is 5.75 Å². The highest BCUT2D eigenvalue weighted by atomic mass is 16.5. The number of hydrogen-bond donors (Lipinski definition) is 2. The van der Waals surface area contributed by atoms with Crippen LogP contribution in [0.4, 0.5) is 5.82 Å². The molecule has 0 aliphatic carbocycles. The fourth-order valence-corrected chi connectivity index (χ4v) is 4.45. The first-order chi connectivity index (χ1) is 16.2. The number of carbonyl (C=O) groups excluding carboxylic acids is 1. The Morgan fingerprint density at radius 2 is 1.97 bits per heavy atom. The monoisotopic (exact) mass is 441 g/mol. The summed E-state index contributed by atoms with van der Waals surface area (Å²) in [4.78, 5) is 19.9. The Labute approximate surface area is 192 Å². The first-order valence-corrected chi connectivity index (χ1v) is 11.3. The van der Waals surface area contributed by atoms with Crippen LogP contribution in [0.5, 0.6) is 5.75 Å². The molecule has 1 saturated heterocycles. The van der Waals surface area contributed by atoms with Gasteiger partial charge in [0.15, 0.2) is 11.5 Å². The van der Waals surface area contributed by atoms with Crippen LogP contribution in [0.25, 0.3) is 11.0 Å². The van der Waals surface area contributed by atoms with Crippen molar-refractivity contribution in [3.8, 4) is 5.75 Å². The van der Waals surface area contributed by atoms with Gasteiger partial charge in [-0.15, -0.1) is 0 Å². The summed E-state index contributed by atoms with van der Waals surface area (Å²) >= 11 is 0. The number of anilines is 1. The lowest BCUT2D eigenvalue weighted by Gasteiger charge is -2.24. The molecule has 2 N–H and O–H groups in total. The van der Waals surface area contributed by atoms with Crippen molar-refractivity contribution in [3.63, 3.8) is 0 Å². The lowest BCUT2D eigenvalue weighted by atomic mass is 10.1. The second kappa shape index (κ2) is 9.32. The van der Waals surface area contributed by atoms with Gasteiger partial charge in [-0.3, -0.25) is 9.89 Å². The molecule has 7 nitrogen and oxygen atoms in total. The number of hydrogen-bond acceptors (Lipinski definition) is 5. The smallest absolute Gasteiger partial charge is 0.227 e. The molecule has 0 bridgehead atoms. The maximum atomic E-state index is 13.1. The molecule has 1 aliphatic rings. The average Bonchev–Trinajstić information content (AvgIpc) is 3.50. The van der Waals surface area contributed by atoms with Gasteiger partial charge in [0.25, 0.3) is 0 Å². The van der Waals surface area contributed by atoms with E-state index in [1.807, 2.05) is 59.5 Å². The molecule has 0 unspecified atom stereocenters. The van der Waals surface area contributed by atoms with Gasteiger partial charge >= 0.3 is 0 Å². The van der Waals surface area contributed by atoms with Crippen LogP contribution in [0, 0.1) is 0 Å². The fraction of sp³-hybridized carbons (Fsp3) is 0.269. The lowest BCUT2D eigenvalue weighted by Crippen LogP contribution is -2.32. The Morgan fingerprint density at radius 1 is 1.12 bits per heavy atom. The molecule has 1 fully saturated rings. The number of rotatable bonds is 7. The standard InChI is InChI=1S/C26H27N5O2/c1-33-20-10-5-9-19(15-20)16-24(32)31-14-6-11-23(31)22-13-12-21-25(29-30-26(21)28-22)27-17-18-7-3-2-4-8-18/h2-5,7-10,12-13,15,23H,6,11,14,16-17H2,1H3,(H2,27,28,29,30)/t23-/m0/s1. The Morgan fingerprint density at radius 3 is 2.82 bits per heavy atom. The van der Waals surface area contributed by atoms with E-state index in [-0.39, 0.29) is 11.9 Å². The SMILES string of the molecule is COc1cccc(CC(=O)N2CCC[C@H]2c2ccc3c(NCc4ccccc4)n[nH]c3n2)c1. The van der Waals surface area contributed by atoms with E-state index in [4.69, 9.17) is 9.72 Å². The number of fused-ring (bicyclic) bond motifs is 1. The Kier molecular flexibility index (Phi) is 5.93. The van der Waals surface area contributed by atoms with Gasteiger partial charge in [-0.1, -0.05) is 42.5 Å². The van der Waals surface area contributed by atoms with Crippen molar-refractivity contribution in [1.82, 2.24) is 20.1 Å². The van der Waals surface area contributed by atoms with E-state index < -0.39 is 0 Å². The van der Waals surface area contributed by atoms with Crippen molar-refractivity contribution in [1.29, 1.82) is 0 Å². The molecule has 168 valence electrons. The first kappa shape index (κ1) is 21.0. The van der Waals surface area contributed by atoms with Gasteiger partial charge in [0.2, 0.25) is 5.91 Å². The minimum atomic E-state index is -0.0171. The van der Waals surface area contributed by atoms with E-state index in [0.717, 1.165) is 53.2 Å². The number of carbonyl (C=O) groups is 1. The summed E-state index contributed by atoms with van der Waals surface area (Å²) in [6.45, 7) is 1.44. The number of pyridine rings is 1. The predicted octanol–water partition coefficient (Wildman–Crippen LogP) is 4.48. The zero-order valence-electron chi connectivity index (χ0n) is 18.6. The molecule has 1 aliphatic heterocycles. The summed E-state index contributed by atoms with van der Waals surface area (Å²) in [5.74, 6) is 1.66. The normalized spacial score (nSPS) is 15.7.